The minimum atomic E-state index is -0.167. The Hall–Kier alpha value is -1.13. The first-order chi connectivity index (χ1) is 9.58. The number of halogens is 2. The van der Waals surface area contributed by atoms with Gasteiger partial charge in [-0.2, -0.15) is 0 Å². The van der Waals surface area contributed by atoms with E-state index in [4.69, 9.17) is 11.6 Å². The van der Waals surface area contributed by atoms with E-state index in [0.717, 1.165) is 10.9 Å². The van der Waals surface area contributed by atoms with Crippen LogP contribution in [-0.4, -0.2) is 11.8 Å². The molecule has 1 saturated carbocycles. The van der Waals surface area contributed by atoms with Crippen LogP contribution in [0.4, 0.5) is 5.69 Å². The number of benzene rings is 1. The van der Waals surface area contributed by atoms with Crippen LogP contribution in [0.1, 0.15) is 6.42 Å². The molecule has 102 valence electrons. The van der Waals surface area contributed by atoms with E-state index in [0.29, 0.717) is 10.7 Å². The molecule has 2 amide bonds. The average molecular weight is 353 g/mol. The van der Waals surface area contributed by atoms with Crippen molar-refractivity contribution in [3.05, 3.63) is 39.8 Å². The lowest BCUT2D eigenvalue weighted by molar-refractivity contribution is -0.123. The Morgan fingerprint density at radius 3 is 2.25 bits per heavy atom. The summed E-state index contributed by atoms with van der Waals surface area (Å²) in [5.74, 6) is -0.0138. The quantitative estimate of drug-likeness (QED) is 0.574. The van der Waals surface area contributed by atoms with E-state index in [-0.39, 0.29) is 35.5 Å². The standard InChI is InChI=1S/C15H11BrClNO2/c16-10-4-3-9(6-11(10)17)18-14(19)12-7-1-2-8(5-7)13(12)15(18)20/h1-4,6-8,12-13H,5H2/t7-,8+,12+,13-. The van der Waals surface area contributed by atoms with Gasteiger partial charge in [-0.05, 0) is 52.4 Å². The number of fused-ring (bicyclic) bond motifs is 5. The Morgan fingerprint density at radius 2 is 1.70 bits per heavy atom. The fourth-order valence-electron chi connectivity index (χ4n) is 3.78. The summed E-state index contributed by atoms with van der Waals surface area (Å²) < 4.78 is 0.754. The molecule has 0 spiro atoms. The number of carbonyl (C=O) groups excluding carboxylic acids is 2. The maximum absolute atomic E-state index is 12.6. The van der Waals surface area contributed by atoms with Gasteiger partial charge in [0.15, 0.2) is 0 Å². The molecule has 3 nitrogen and oxygen atoms in total. The van der Waals surface area contributed by atoms with Crippen molar-refractivity contribution in [3.63, 3.8) is 0 Å². The van der Waals surface area contributed by atoms with E-state index in [1.165, 1.54) is 4.90 Å². The summed E-state index contributed by atoms with van der Waals surface area (Å²) in [5, 5.41) is 0.501. The molecule has 0 unspecified atom stereocenters. The minimum absolute atomic E-state index is 0.0739. The van der Waals surface area contributed by atoms with Crippen molar-refractivity contribution in [2.75, 3.05) is 4.90 Å². The zero-order valence-electron chi connectivity index (χ0n) is 10.4. The summed E-state index contributed by atoms with van der Waals surface area (Å²) >= 11 is 9.39. The van der Waals surface area contributed by atoms with Gasteiger partial charge in [0.25, 0.3) is 0 Å². The molecule has 0 N–H and O–H groups in total. The summed E-state index contributed by atoms with van der Waals surface area (Å²) in [6.45, 7) is 0. The minimum Gasteiger partial charge on any atom is -0.274 e. The third-order valence-electron chi connectivity index (χ3n) is 4.63. The lowest BCUT2D eigenvalue weighted by Crippen LogP contribution is -2.32. The maximum Gasteiger partial charge on any atom is 0.238 e. The molecule has 1 aromatic rings. The zero-order valence-corrected chi connectivity index (χ0v) is 12.8. The van der Waals surface area contributed by atoms with Crippen LogP contribution in [0.5, 0.6) is 0 Å². The number of rotatable bonds is 1. The fraction of sp³-hybridized carbons (Fsp3) is 0.333. The highest BCUT2D eigenvalue weighted by Crippen LogP contribution is 2.53. The number of anilines is 1. The molecule has 4 atom stereocenters. The topological polar surface area (TPSA) is 37.4 Å². The van der Waals surface area contributed by atoms with Crippen LogP contribution in [0.3, 0.4) is 0 Å². The molecule has 3 aliphatic rings. The molecule has 0 aromatic heterocycles. The molecule has 2 bridgehead atoms. The van der Waals surface area contributed by atoms with Crippen LogP contribution in [0.15, 0.2) is 34.8 Å². The molecule has 0 radical (unpaired) electrons. The fourth-order valence-corrected chi connectivity index (χ4v) is 4.20. The van der Waals surface area contributed by atoms with Gasteiger partial charge < -0.3 is 0 Å². The van der Waals surface area contributed by atoms with Gasteiger partial charge in [-0.15, -0.1) is 0 Å². The third-order valence-corrected chi connectivity index (χ3v) is 5.86. The molecule has 1 aromatic carbocycles. The lowest BCUT2D eigenvalue weighted by atomic mass is 9.85. The van der Waals surface area contributed by atoms with Crippen molar-refractivity contribution in [1.29, 1.82) is 0 Å². The Labute approximate surface area is 129 Å². The molecular formula is C15H11BrClNO2. The Morgan fingerprint density at radius 1 is 1.10 bits per heavy atom. The van der Waals surface area contributed by atoms with Gasteiger partial charge in [0, 0.05) is 4.47 Å². The molecule has 1 heterocycles. The SMILES string of the molecule is O=C1[C@@H]2[C@H](C(=O)N1c1ccc(Br)c(Cl)c1)[C@H]1C=C[C@@H]2C1. The second-order valence-corrected chi connectivity index (χ2v) is 6.87. The second kappa shape index (κ2) is 4.18. The summed E-state index contributed by atoms with van der Waals surface area (Å²) in [4.78, 5) is 26.5. The summed E-state index contributed by atoms with van der Waals surface area (Å²) in [6.07, 6.45) is 5.13. The van der Waals surface area contributed by atoms with Crippen LogP contribution >= 0.6 is 27.5 Å². The van der Waals surface area contributed by atoms with Crippen LogP contribution < -0.4 is 4.90 Å². The highest BCUT2D eigenvalue weighted by atomic mass is 79.9. The van der Waals surface area contributed by atoms with Crippen molar-refractivity contribution < 1.29 is 9.59 Å². The lowest BCUT2D eigenvalue weighted by Gasteiger charge is -2.17. The zero-order chi connectivity index (χ0) is 14.0. The van der Waals surface area contributed by atoms with Gasteiger partial charge in [-0.1, -0.05) is 23.8 Å². The monoisotopic (exact) mass is 351 g/mol. The number of hydrogen-bond acceptors (Lipinski definition) is 2. The number of hydrogen-bond donors (Lipinski definition) is 0. The van der Waals surface area contributed by atoms with E-state index < -0.39 is 0 Å². The highest BCUT2D eigenvalue weighted by Gasteiger charge is 2.59. The van der Waals surface area contributed by atoms with E-state index >= 15 is 0 Å². The van der Waals surface area contributed by atoms with Crippen LogP contribution in [0.2, 0.25) is 5.02 Å². The molecular weight excluding hydrogens is 342 g/mol. The molecule has 1 saturated heterocycles. The van der Waals surface area contributed by atoms with Crippen LogP contribution in [0, 0.1) is 23.7 Å². The Bertz CT molecular complexity index is 642. The van der Waals surface area contributed by atoms with E-state index in [9.17, 15) is 9.59 Å². The highest BCUT2D eigenvalue weighted by molar-refractivity contribution is 9.10. The van der Waals surface area contributed by atoms with E-state index in [1.807, 2.05) is 0 Å². The molecule has 1 aliphatic heterocycles. The second-order valence-electron chi connectivity index (χ2n) is 5.61. The van der Waals surface area contributed by atoms with Gasteiger partial charge in [0.1, 0.15) is 0 Å². The van der Waals surface area contributed by atoms with Crippen molar-refractivity contribution in [1.82, 2.24) is 0 Å². The summed E-state index contributed by atoms with van der Waals surface area (Å²) in [7, 11) is 0. The molecule has 20 heavy (non-hydrogen) atoms. The van der Waals surface area contributed by atoms with E-state index in [2.05, 4.69) is 28.1 Å². The van der Waals surface area contributed by atoms with Gasteiger partial charge in [-0.3, -0.25) is 9.59 Å². The maximum atomic E-state index is 12.6. The molecule has 2 fully saturated rings. The number of nitrogens with zero attached hydrogens (tertiary/aromatic N) is 1. The molecule has 2 aliphatic carbocycles. The smallest absolute Gasteiger partial charge is 0.238 e. The van der Waals surface area contributed by atoms with Crippen molar-refractivity contribution in [2.45, 2.75) is 6.42 Å². The van der Waals surface area contributed by atoms with Crippen molar-refractivity contribution >= 4 is 45.0 Å². The van der Waals surface area contributed by atoms with Gasteiger partial charge in [-0.25, -0.2) is 4.90 Å². The largest absolute Gasteiger partial charge is 0.274 e. The predicted octanol–water partition coefficient (Wildman–Crippen LogP) is 3.41. The Balaban J connectivity index is 1.76. The number of carbonyl (C=O) groups is 2. The first kappa shape index (κ1) is 12.6. The molecule has 5 heteroatoms. The number of imide groups is 1. The summed E-state index contributed by atoms with van der Waals surface area (Å²) in [6, 6.07) is 5.18. The predicted molar refractivity (Wildman–Crippen MR) is 79.4 cm³/mol. The van der Waals surface area contributed by atoms with Crippen molar-refractivity contribution in [3.8, 4) is 0 Å². The van der Waals surface area contributed by atoms with Crippen molar-refractivity contribution in [2.24, 2.45) is 23.7 Å². The normalized spacial score (nSPS) is 34.2. The average Bonchev–Trinajstić information content (AvgIpc) is 3.08. The van der Waals surface area contributed by atoms with Crippen LogP contribution in [-0.2, 0) is 9.59 Å². The first-order valence-electron chi connectivity index (χ1n) is 6.59. The van der Waals surface area contributed by atoms with Gasteiger partial charge in [0.2, 0.25) is 11.8 Å². The van der Waals surface area contributed by atoms with Gasteiger partial charge >= 0.3 is 0 Å². The number of allylic oxidation sites excluding steroid dienone is 2. The first-order valence-corrected chi connectivity index (χ1v) is 7.76. The Kier molecular flexibility index (Phi) is 2.63. The third kappa shape index (κ3) is 1.52. The number of amides is 2. The van der Waals surface area contributed by atoms with Crippen LogP contribution in [0.25, 0.3) is 0 Å². The van der Waals surface area contributed by atoms with E-state index in [1.54, 1.807) is 18.2 Å². The summed E-state index contributed by atoms with van der Waals surface area (Å²) in [5.41, 5.74) is 0.571. The molecule has 4 rings (SSSR count). The van der Waals surface area contributed by atoms with Gasteiger partial charge in [0.05, 0.1) is 22.5 Å².